The van der Waals surface area contributed by atoms with E-state index in [4.69, 9.17) is 9.47 Å². The number of rotatable bonds is 6. The van der Waals surface area contributed by atoms with E-state index in [1.54, 1.807) is 61.2 Å². The van der Waals surface area contributed by atoms with E-state index in [1.807, 2.05) is 6.07 Å². The molecule has 0 aliphatic carbocycles. The van der Waals surface area contributed by atoms with Crippen LogP contribution in [0.4, 0.5) is 0 Å². The van der Waals surface area contributed by atoms with Crippen LogP contribution in [0.2, 0.25) is 0 Å². The smallest absolute Gasteiger partial charge is 0.295 e. The molecule has 1 aromatic carbocycles. The highest BCUT2D eigenvalue weighted by Crippen LogP contribution is 2.41. The number of nitrogens with zero attached hydrogens (tertiary/aromatic N) is 3. The fourth-order valence-electron chi connectivity index (χ4n) is 3.76. The van der Waals surface area contributed by atoms with Gasteiger partial charge in [-0.05, 0) is 47.5 Å². The second kappa shape index (κ2) is 8.89. The van der Waals surface area contributed by atoms with Gasteiger partial charge < -0.3 is 19.5 Å². The second-order valence-corrected chi connectivity index (χ2v) is 7.14. The van der Waals surface area contributed by atoms with Crippen molar-refractivity contribution >= 4 is 17.4 Å². The first-order valence-corrected chi connectivity index (χ1v) is 9.84. The van der Waals surface area contributed by atoms with Crippen LogP contribution >= 0.6 is 0 Å². The summed E-state index contributed by atoms with van der Waals surface area (Å²) in [5.41, 5.74) is 1.75. The summed E-state index contributed by atoms with van der Waals surface area (Å²) < 4.78 is 10.6. The number of aliphatic hydroxyl groups is 1. The van der Waals surface area contributed by atoms with Crippen LogP contribution in [0.1, 0.15) is 22.7 Å². The van der Waals surface area contributed by atoms with E-state index in [-0.39, 0.29) is 17.9 Å². The standard InChI is InChI=1S/C24H21N3O5/c1-31-18-6-5-17(12-19(18)32-2)22(28)20-21(16-7-10-25-11-8-16)27(24(30)23(20)29)14-15-4-3-9-26-13-15/h3-13,21,28H,14H2,1-2H3/b22-20-. The third kappa shape index (κ3) is 3.78. The summed E-state index contributed by atoms with van der Waals surface area (Å²) in [7, 11) is 2.98. The van der Waals surface area contributed by atoms with Gasteiger partial charge in [-0.3, -0.25) is 19.6 Å². The molecule has 1 saturated heterocycles. The van der Waals surface area contributed by atoms with E-state index in [1.165, 1.54) is 19.1 Å². The van der Waals surface area contributed by atoms with Crippen molar-refractivity contribution in [2.45, 2.75) is 12.6 Å². The van der Waals surface area contributed by atoms with Gasteiger partial charge >= 0.3 is 0 Å². The molecule has 3 aromatic rings. The average molecular weight is 431 g/mol. The molecular formula is C24H21N3O5. The van der Waals surface area contributed by atoms with Gasteiger partial charge in [-0.2, -0.15) is 0 Å². The van der Waals surface area contributed by atoms with Crippen LogP contribution in [0, 0.1) is 0 Å². The number of hydrogen-bond donors (Lipinski definition) is 1. The number of benzene rings is 1. The molecule has 0 bridgehead atoms. The normalized spacial score (nSPS) is 17.4. The zero-order valence-electron chi connectivity index (χ0n) is 17.6. The van der Waals surface area contributed by atoms with Gasteiger partial charge in [0.2, 0.25) is 0 Å². The number of likely N-dealkylation sites (tertiary alicyclic amines) is 1. The third-order valence-corrected chi connectivity index (χ3v) is 5.29. The summed E-state index contributed by atoms with van der Waals surface area (Å²) in [4.78, 5) is 35.6. The molecule has 8 heteroatoms. The van der Waals surface area contributed by atoms with Crippen molar-refractivity contribution in [2.75, 3.05) is 14.2 Å². The molecule has 162 valence electrons. The number of pyridine rings is 2. The SMILES string of the molecule is COc1ccc(/C(O)=C2/C(=O)C(=O)N(Cc3cccnc3)C2c2ccncc2)cc1OC. The molecule has 1 aliphatic rings. The summed E-state index contributed by atoms with van der Waals surface area (Å²) in [5.74, 6) is -0.881. The predicted molar refractivity (Wildman–Crippen MR) is 116 cm³/mol. The van der Waals surface area contributed by atoms with Crippen molar-refractivity contribution in [3.05, 3.63) is 89.5 Å². The average Bonchev–Trinajstić information content (AvgIpc) is 3.09. The first-order chi connectivity index (χ1) is 15.5. The van der Waals surface area contributed by atoms with E-state index >= 15 is 0 Å². The quantitative estimate of drug-likeness (QED) is 0.363. The Bertz CT molecular complexity index is 1180. The van der Waals surface area contributed by atoms with Gasteiger partial charge in [0.25, 0.3) is 11.7 Å². The maximum Gasteiger partial charge on any atom is 0.295 e. The Morgan fingerprint density at radius 2 is 1.75 bits per heavy atom. The molecule has 1 unspecified atom stereocenters. The van der Waals surface area contributed by atoms with Crippen LogP contribution in [0.5, 0.6) is 11.5 Å². The number of carbonyl (C=O) groups excluding carboxylic acids is 2. The zero-order chi connectivity index (χ0) is 22.7. The number of aliphatic hydroxyl groups excluding tert-OH is 1. The van der Waals surface area contributed by atoms with Crippen LogP contribution in [-0.4, -0.2) is 45.9 Å². The van der Waals surface area contributed by atoms with Gasteiger partial charge in [-0.1, -0.05) is 6.07 Å². The van der Waals surface area contributed by atoms with Gasteiger partial charge in [0.15, 0.2) is 11.5 Å². The largest absolute Gasteiger partial charge is 0.507 e. The number of hydrogen-bond acceptors (Lipinski definition) is 7. The van der Waals surface area contributed by atoms with Crippen LogP contribution < -0.4 is 9.47 Å². The summed E-state index contributed by atoms with van der Waals surface area (Å²) in [6, 6.07) is 11.0. The van der Waals surface area contributed by atoms with Crippen LogP contribution in [-0.2, 0) is 16.1 Å². The zero-order valence-corrected chi connectivity index (χ0v) is 17.6. The number of carbonyl (C=O) groups is 2. The Kier molecular flexibility index (Phi) is 5.85. The summed E-state index contributed by atoms with van der Waals surface area (Å²) in [6.45, 7) is 0.161. The lowest BCUT2D eigenvalue weighted by atomic mass is 9.95. The minimum Gasteiger partial charge on any atom is -0.507 e. The topological polar surface area (TPSA) is 102 Å². The first-order valence-electron chi connectivity index (χ1n) is 9.84. The predicted octanol–water partition coefficient (Wildman–Crippen LogP) is 3.12. The van der Waals surface area contributed by atoms with Crippen molar-refractivity contribution in [3.8, 4) is 11.5 Å². The first kappa shape index (κ1) is 21.0. The minimum absolute atomic E-state index is 0.00249. The Hall–Kier alpha value is -4.20. The molecule has 1 atom stereocenters. The Labute approximate surface area is 184 Å². The van der Waals surface area contributed by atoms with Gasteiger partial charge in [0, 0.05) is 36.9 Å². The monoisotopic (exact) mass is 431 g/mol. The molecule has 0 saturated carbocycles. The molecule has 1 aliphatic heterocycles. The lowest BCUT2D eigenvalue weighted by molar-refractivity contribution is -0.140. The maximum absolute atomic E-state index is 13.1. The number of methoxy groups -OCH3 is 2. The molecular weight excluding hydrogens is 410 g/mol. The van der Waals surface area contributed by atoms with Crippen LogP contribution in [0.3, 0.4) is 0 Å². The number of Topliss-reactive ketones (excluding diaryl/α,β-unsaturated/α-hetero) is 1. The fraction of sp³-hybridized carbons (Fsp3) is 0.167. The number of aromatic nitrogens is 2. The highest BCUT2D eigenvalue weighted by molar-refractivity contribution is 6.46. The van der Waals surface area contributed by atoms with Crippen molar-refractivity contribution in [3.63, 3.8) is 0 Å². The number of ketones is 1. The van der Waals surface area contributed by atoms with Crippen molar-refractivity contribution in [1.29, 1.82) is 0 Å². The molecule has 0 spiro atoms. The lowest BCUT2D eigenvalue weighted by Crippen LogP contribution is -2.29. The maximum atomic E-state index is 13.1. The lowest BCUT2D eigenvalue weighted by Gasteiger charge is -2.25. The Morgan fingerprint density at radius 3 is 2.41 bits per heavy atom. The van der Waals surface area contributed by atoms with Gasteiger partial charge in [-0.25, -0.2) is 0 Å². The van der Waals surface area contributed by atoms with Gasteiger partial charge in [0.05, 0.1) is 25.8 Å². The molecule has 2 aromatic heterocycles. The van der Waals surface area contributed by atoms with Crippen molar-refractivity contribution in [1.82, 2.24) is 14.9 Å². The minimum atomic E-state index is -0.786. The molecule has 0 radical (unpaired) electrons. The Balaban J connectivity index is 1.85. The molecule has 1 N–H and O–H groups in total. The van der Waals surface area contributed by atoms with Gasteiger partial charge in [-0.15, -0.1) is 0 Å². The van der Waals surface area contributed by atoms with Gasteiger partial charge in [0.1, 0.15) is 5.76 Å². The van der Waals surface area contributed by atoms with Crippen LogP contribution in [0.15, 0.2) is 72.8 Å². The molecule has 3 heterocycles. The van der Waals surface area contributed by atoms with E-state index in [9.17, 15) is 14.7 Å². The van der Waals surface area contributed by atoms with E-state index in [2.05, 4.69) is 9.97 Å². The summed E-state index contributed by atoms with van der Waals surface area (Å²) in [5, 5.41) is 11.2. The fourth-order valence-corrected chi connectivity index (χ4v) is 3.76. The van der Waals surface area contributed by atoms with E-state index in [0.717, 1.165) is 5.56 Å². The van der Waals surface area contributed by atoms with E-state index in [0.29, 0.717) is 22.6 Å². The van der Waals surface area contributed by atoms with Crippen LogP contribution in [0.25, 0.3) is 5.76 Å². The highest BCUT2D eigenvalue weighted by atomic mass is 16.5. The Morgan fingerprint density at radius 1 is 1.00 bits per heavy atom. The molecule has 1 fully saturated rings. The second-order valence-electron chi connectivity index (χ2n) is 7.14. The summed E-state index contributed by atoms with van der Waals surface area (Å²) in [6.07, 6.45) is 6.43. The third-order valence-electron chi connectivity index (χ3n) is 5.29. The molecule has 8 nitrogen and oxygen atoms in total. The van der Waals surface area contributed by atoms with E-state index < -0.39 is 17.7 Å². The number of amides is 1. The molecule has 32 heavy (non-hydrogen) atoms. The molecule has 4 rings (SSSR count). The summed E-state index contributed by atoms with van der Waals surface area (Å²) >= 11 is 0. The van der Waals surface area contributed by atoms with Crippen molar-refractivity contribution in [2.24, 2.45) is 0 Å². The number of ether oxygens (including phenoxy) is 2. The molecule has 1 amide bonds. The highest BCUT2D eigenvalue weighted by Gasteiger charge is 2.46. The van der Waals surface area contributed by atoms with Crippen molar-refractivity contribution < 1.29 is 24.2 Å².